The minimum absolute atomic E-state index is 0.0353. The summed E-state index contributed by atoms with van der Waals surface area (Å²) in [4.78, 5) is 12.3. The van der Waals surface area contributed by atoms with E-state index in [9.17, 15) is 4.79 Å². The average molecular weight is 296 g/mol. The maximum Gasteiger partial charge on any atom is 0.191 e. The van der Waals surface area contributed by atoms with Crippen LogP contribution in [0.25, 0.3) is 0 Å². The number of aryl methyl sites for hydroxylation is 1. The Labute approximate surface area is 121 Å². The standard InChI is InChI=1S/C13H14ClN3OS/c1-8(19-13-16-15-9(2)17(13)3)12(18)10-5-4-6-11(14)7-10/h4-8H,1-3H3. The quantitative estimate of drug-likeness (QED) is 0.642. The van der Waals surface area contributed by atoms with Crippen molar-refractivity contribution in [1.29, 1.82) is 0 Å². The molecule has 1 aromatic carbocycles. The molecule has 0 aliphatic heterocycles. The molecule has 4 nitrogen and oxygen atoms in total. The highest BCUT2D eigenvalue weighted by Gasteiger charge is 2.19. The van der Waals surface area contributed by atoms with Crippen LogP contribution in [0.1, 0.15) is 23.1 Å². The van der Waals surface area contributed by atoms with Gasteiger partial charge < -0.3 is 4.57 Å². The van der Waals surface area contributed by atoms with Gasteiger partial charge >= 0.3 is 0 Å². The topological polar surface area (TPSA) is 47.8 Å². The largest absolute Gasteiger partial charge is 0.309 e. The van der Waals surface area contributed by atoms with Crippen molar-refractivity contribution in [3.8, 4) is 0 Å². The molecule has 0 radical (unpaired) electrons. The second kappa shape index (κ2) is 5.75. The summed E-state index contributed by atoms with van der Waals surface area (Å²) < 4.78 is 1.87. The fraction of sp³-hybridized carbons (Fsp3) is 0.308. The summed E-state index contributed by atoms with van der Waals surface area (Å²) >= 11 is 7.29. The van der Waals surface area contributed by atoms with E-state index in [4.69, 9.17) is 11.6 Å². The van der Waals surface area contributed by atoms with Crippen molar-refractivity contribution in [3.05, 3.63) is 40.7 Å². The lowest BCUT2D eigenvalue weighted by Crippen LogP contribution is -2.14. The molecule has 1 heterocycles. The summed E-state index contributed by atoms with van der Waals surface area (Å²) in [6.07, 6.45) is 0. The summed E-state index contributed by atoms with van der Waals surface area (Å²) in [6.45, 7) is 3.73. The van der Waals surface area contributed by atoms with Crippen LogP contribution in [0, 0.1) is 6.92 Å². The van der Waals surface area contributed by atoms with E-state index in [1.807, 2.05) is 25.5 Å². The van der Waals surface area contributed by atoms with Crippen LogP contribution in [-0.2, 0) is 7.05 Å². The molecule has 0 spiro atoms. The number of halogens is 1. The molecule has 2 rings (SSSR count). The summed E-state index contributed by atoms with van der Waals surface area (Å²) in [5.41, 5.74) is 0.617. The molecule has 0 saturated carbocycles. The number of carbonyl (C=O) groups excluding carboxylic acids is 1. The molecular weight excluding hydrogens is 282 g/mol. The summed E-state index contributed by atoms with van der Waals surface area (Å²) in [5.74, 6) is 0.859. The van der Waals surface area contributed by atoms with Crippen LogP contribution in [0.3, 0.4) is 0 Å². The van der Waals surface area contributed by atoms with E-state index in [-0.39, 0.29) is 11.0 Å². The number of hydrogen-bond acceptors (Lipinski definition) is 4. The van der Waals surface area contributed by atoms with Gasteiger partial charge in [-0.1, -0.05) is 35.5 Å². The first-order valence-corrected chi connectivity index (χ1v) is 7.07. The molecule has 0 saturated heterocycles. The predicted octanol–water partition coefficient (Wildman–Crippen LogP) is 3.14. The van der Waals surface area contributed by atoms with Gasteiger partial charge in [0, 0.05) is 17.6 Å². The van der Waals surface area contributed by atoms with Gasteiger partial charge in [-0.2, -0.15) is 0 Å². The Morgan fingerprint density at radius 3 is 2.74 bits per heavy atom. The fourth-order valence-electron chi connectivity index (χ4n) is 1.58. The third-order valence-corrected chi connectivity index (χ3v) is 4.18. The Morgan fingerprint density at radius 1 is 1.42 bits per heavy atom. The first kappa shape index (κ1) is 14.1. The Balaban J connectivity index is 2.14. The van der Waals surface area contributed by atoms with Gasteiger partial charge in [-0.05, 0) is 26.0 Å². The SMILES string of the molecule is Cc1nnc(SC(C)C(=O)c2cccc(Cl)c2)n1C. The van der Waals surface area contributed by atoms with E-state index >= 15 is 0 Å². The number of Topliss-reactive ketones (excluding diaryl/α,β-unsaturated/α-hetero) is 1. The normalized spacial score (nSPS) is 12.4. The van der Waals surface area contributed by atoms with Gasteiger partial charge in [-0.15, -0.1) is 10.2 Å². The Kier molecular flexibility index (Phi) is 4.27. The molecule has 0 N–H and O–H groups in total. The van der Waals surface area contributed by atoms with Gasteiger partial charge in [0.2, 0.25) is 0 Å². The van der Waals surface area contributed by atoms with Gasteiger partial charge in [-0.3, -0.25) is 4.79 Å². The highest BCUT2D eigenvalue weighted by molar-refractivity contribution is 8.00. The third-order valence-electron chi connectivity index (χ3n) is 2.81. The third kappa shape index (κ3) is 3.16. The second-order valence-corrected chi connectivity index (χ2v) is 5.97. The maximum absolute atomic E-state index is 12.3. The van der Waals surface area contributed by atoms with Crippen molar-refractivity contribution < 1.29 is 4.79 Å². The number of carbonyl (C=O) groups is 1. The average Bonchev–Trinajstić information content (AvgIpc) is 2.70. The second-order valence-electron chi connectivity index (χ2n) is 4.22. The van der Waals surface area contributed by atoms with Crippen molar-refractivity contribution in [2.45, 2.75) is 24.3 Å². The van der Waals surface area contributed by atoms with Gasteiger partial charge in [0.25, 0.3) is 0 Å². The van der Waals surface area contributed by atoms with Crippen molar-refractivity contribution in [2.24, 2.45) is 7.05 Å². The van der Waals surface area contributed by atoms with Crippen LogP contribution >= 0.6 is 23.4 Å². The van der Waals surface area contributed by atoms with E-state index in [1.165, 1.54) is 11.8 Å². The lowest BCUT2D eigenvalue weighted by atomic mass is 10.1. The zero-order valence-corrected chi connectivity index (χ0v) is 12.5. The van der Waals surface area contributed by atoms with Crippen molar-refractivity contribution in [1.82, 2.24) is 14.8 Å². The molecule has 0 amide bonds. The lowest BCUT2D eigenvalue weighted by Gasteiger charge is -2.09. The minimum Gasteiger partial charge on any atom is -0.309 e. The number of nitrogens with zero attached hydrogens (tertiary/aromatic N) is 3. The molecule has 100 valence electrons. The Bertz CT molecular complexity index is 612. The van der Waals surface area contributed by atoms with Crippen LogP contribution in [-0.4, -0.2) is 25.8 Å². The van der Waals surface area contributed by atoms with Gasteiger partial charge in [0.1, 0.15) is 5.82 Å². The Morgan fingerprint density at radius 2 is 2.16 bits per heavy atom. The van der Waals surface area contributed by atoms with E-state index in [0.29, 0.717) is 10.6 Å². The molecule has 19 heavy (non-hydrogen) atoms. The number of rotatable bonds is 4. The van der Waals surface area contributed by atoms with Crippen molar-refractivity contribution >= 4 is 29.1 Å². The van der Waals surface area contributed by atoms with Gasteiger partial charge in [-0.25, -0.2) is 0 Å². The highest BCUT2D eigenvalue weighted by Crippen LogP contribution is 2.24. The van der Waals surface area contributed by atoms with E-state index in [0.717, 1.165) is 11.0 Å². The first-order chi connectivity index (χ1) is 8.99. The lowest BCUT2D eigenvalue weighted by molar-refractivity contribution is 0.0994. The van der Waals surface area contributed by atoms with Crippen LogP contribution in [0.2, 0.25) is 5.02 Å². The van der Waals surface area contributed by atoms with E-state index in [1.54, 1.807) is 24.3 Å². The molecule has 1 aromatic heterocycles. The van der Waals surface area contributed by atoms with Crippen molar-refractivity contribution in [2.75, 3.05) is 0 Å². The number of thioether (sulfide) groups is 1. The van der Waals surface area contributed by atoms with Crippen molar-refractivity contribution in [3.63, 3.8) is 0 Å². The Hall–Kier alpha value is -1.33. The van der Waals surface area contributed by atoms with Crippen LogP contribution < -0.4 is 0 Å². The van der Waals surface area contributed by atoms with Crippen LogP contribution in [0.15, 0.2) is 29.4 Å². The molecule has 0 bridgehead atoms. The maximum atomic E-state index is 12.3. The number of hydrogen-bond donors (Lipinski definition) is 0. The molecule has 1 unspecified atom stereocenters. The zero-order chi connectivity index (χ0) is 14.0. The summed E-state index contributed by atoms with van der Waals surface area (Å²) in [7, 11) is 1.88. The highest BCUT2D eigenvalue weighted by atomic mass is 35.5. The molecule has 6 heteroatoms. The smallest absolute Gasteiger partial charge is 0.191 e. The van der Waals surface area contributed by atoms with E-state index in [2.05, 4.69) is 10.2 Å². The van der Waals surface area contributed by atoms with Gasteiger partial charge in [0.05, 0.1) is 5.25 Å². The number of benzene rings is 1. The molecule has 2 aromatic rings. The first-order valence-electron chi connectivity index (χ1n) is 5.81. The fourth-order valence-corrected chi connectivity index (χ4v) is 2.71. The predicted molar refractivity (Wildman–Crippen MR) is 76.8 cm³/mol. The summed E-state index contributed by atoms with van der Waals surface area (Å²) in [6, 6.07) is 6.98. The van der Waals surface area contributed by atoms with Crippen LogP contribution in [0.4, 0.5) is 0 Å². The van der Waals surface area contributed by atoms with Gasteiger partial charge in [0.15, 0.2) is 10.9 Å². The van der Waals surface area contributed by atoms with Crippen LogP contribution in [0.5, 0.6) is 0 Å². The van der Waals surface area contributed by atoms with E-state index < -0.39 is 0 Å². The number of aromatic nitrogens is 3. The minimum atomic E-state index is -0.235. The monoisotopic (exact) mass is 295 g/mol. The molecule has 0 aliphatic rings. The molecule has 1 atom stereocenters. The summed E-state index contributed by atoms with van der Waals surface area (Å²) in [5, 5.41) is 9.09. The molecular formula is C13H14ClN3OS. The zero-order valence-electron chi connectivity index (χ0n) is 10.9. The molecule has 0 aliphatic carbocycles. The molecule has 0 fully saturated rings. The number of ketones is 1.